The molecule has 2 heterocycles. The Morgan fingerprint density at radius 2 is 2.00 bits per heavy atom. The zero-order valence-corrected chi connectivity index (χ0v) is 11.0. The van der Waals surface area contributed by atoms with Crippen molar-refractivity contribution in [1.29, 1.82) is 0 Å². The second-order valence-electron chi connectivity index (χ2n) is 2.15. The van der Waals surface area contributed by atoms with Crippen molar-refractivity contribution in [3.8, 4) is 11.5 Å². The van der Waals surface area contributed by atoms with Gasteiger partial charge in [-0.3, -0.25) is 4.98 Å². The number of hydrogen-bond acceptors (Lipinski definition) is 4. The van der Waals surface area contributed by atoms with E-state index in [4.69, 9.17) is 16.6 Å². The van der Waals surface area contributed by atoms with E-state index in [9.17, 15) is 0 Å². The van der Waals surface area contributed by atoms with Crippen molar-refractivity contribution < 1.29 is 55.8 Å². The topological polar surface area (TPSA) is 54.7 Å². The first-order valence-corrected chi connectivity index (χ1v) is 3.73. The van der Waals surface area contributed by atoms with E-state index in [1.165, 1.54) is 0 Å². The van der Waals surface area contributed by atoms with E-state index < -0.39 is 0 Å². The number of nitrogens with one attached hydrogen (secondary N) is 1. The molecule has 0 fully saturated rings. The summed E-state index contributed by atoms with van der Waals surface area (Å²) in [5.41, 5.74) is 0.859. The van der Waals surface area contributed by atoms with Gasteiger partial charge in [-0.1, -0.05) is 0 Å². The third-order valence-corrected chi connectivity index (χ3v) is 1.54. The molecule has 2 rings (SSSR count). The van der Waals surface area contributed by atoms with Crippen molar-refractivity contribution in [2.24, 2.45) is 0 Å². The van der Waals surface area contributed by atoms with Crippen molar-refractivity contribution >= 4 is 12.2 Å². The van der Waals surface area contributed by atoms with Gasteiger partial charge in [0.2, 0.25) is 5.89 Å². The van der Waals surface area contributed by atoms with Crippen LogP contribution in [0.4, 0.5) is 0 Å². The van der Waals surface area contributed by atoms with Crippen LogP contribution in [0.3, 0.4) is 0 Å². The van der Waals surface area contributed by atoms with Gasteiger partial charge < -0.3 is 4.42 Å². The van der Waals surface area contributed by atoms with Gasteiger partial charge in [-0.15, -0.1) is 5.10 Å². The number of pyridine rings is 1. The number of aromatic amines is 1. The van der Waals surface area contributed by atoms with Gasteiger partial charge in [0.15, 0.2) is 0 Å². The van der Waals surface area contributed by atoms with Crippen molar-refractivity contribution in [3.63, 3.8) is 0 Å². The predicted molar refractivity (Wildman–Crippen MR) is 44.9 cm³/mol. The summed E-state index contributed by atoms with van der Waals surface area (Å²) in [5, 5.41) is 6.41. The molecule has 0 atom stereocenters. The van der Waals surface area contributed by atoms with Gasteiger partial charge in [0.25, 0.3) is 4.84 Å². The minimum atomic E-state index is 0. The van der Waals surface area contributed by atoms with Crippen molar-refractivity contribution in [1.82, 2.24) is 15.2 Å². The summed E-state index contributed by atoms with van der Waals surface area (Å²) in [6, 6.07) is 3.60. The summed E-state index contributed by atoms with van der Waals surface area (Å²) in [6.07, 6.45) is 3.34. The second kappa shape index (κ2) is 5.13. The molecule has 0 aliphatic heterocycles. The third kappa shape index (κ3) is 2.80. The predicted octanol–water partition coefficient (Wildman–Crippen LogP) is -1.20. The molecule has 0 unspecified atom stereocenters. The molecule has 0 saturated heterocycles. The van der Waals surface area contributed by atoms with E-state index in [1.54, 1.807) is 24.5 Å². The second-order valence-corrected chi connectivity index (χ2v) is 2.52. The fraction of sp³-hybridized carbons (Fsp3) is 0. The average Bonchev–Trinajstić information content (AvgIpc) is 2.54. The summed E-state index contributed by atoms with van der Waals surface area (Å²) in [4.78, 5) is 4.15. The molecule has 6 heteroatoms. The van der Waals surface area contributed by atoms with Gasteiger partial charge in [0.1, 0.15) is 0 Å². The Kier molecular flexibility index (Phi) is 4.43. The van der Waals surface area contributed by atoms with Crippen LogP contribution in [0.15, 0.2) is 28.9 Å². The Hall–Kier alpha value is 0.146. The fourth-order valence-electron chi connectivity index (χ4n) is 0.848. The molecule has 1 N–H and O–H groups in total. The van der Waals surface area contributed by atoms with Crippen molar-refractivity contribution in [2.75, 3.05) is 0 Å². The molecule has 0 amide bonds. The maximum Gasteiger partial charge on any atom is 1.00 e. The van der Waals surface area contributed by atoms with Crippen molar-refractivity contribution in [2.45, 2.75) is 0 Å². The number of nitrogens with zero attached hydrogens (tertiary/aromatic N) is 2. The monoisotopic (exact) mass is 218 g/mol. The maximum atomic E-state index is 5.09. The number of rotatable bonds is 1. The molecule has 2 aromatic heterocycles. The summed E-state index contributed by atoms with van der Waals surface area (Å²) in [5.74, 6) is 0.488. The molecule has 60 valence electrons. The molecule has 2 aromatic rings. The summed E-state index contributed by atoms with van der Waals surface area (Å²) in [7, 11) is 0. The van der Waals surface area contributed by atoms with Gasteiger partial charge in [0.05, 0.1) is 0 Å². The Bertz CT molecular complexity index is 425. The van der Waals surface area contributed by atoms with E-state index in [1.807, 2.05) is 0 Å². The van der Waals surface area contributed by atoms with Crippen LogP contribution < -0.4 is 51.4 Å². The largest absolute Gasteiger partial charge is 1.00 e. The SMILES string of the molecule is S=c1[nH]nc(-c2ccncc2)o1.[K+]. The van der Waals surface area contributed by atoms with Gasteiger partial charge in [0, 0.05) is 18.0 Å². The zero-order chi connectivity index (χ0) is 8.39. The fourth-order valence-corrected chi connectivity index (χ4v) is 0.972. The molecule has 0 bridgehead atoms. The minimum absolute atomic E-state index is 0. The van der Waals surface area contributed by atoms with Crippen LogP contribution in [0.25, 0.3) is 11.5 Å². The first-order valence-electron chi connectivity index (χ1n) is 3.32. The molecule has 0 radical (unpaired) electrons. The standard InChI is InChI=1S/C7H5N3OS.K/c12-7-10-9-6(11-7)5-1-3-8-4-2-5;/h1-4H,(H,10,12);/q;+1. The first kappa shape index (κ1) is 11.2. The Morgan fingerprint density at radius 3 is 2.54 bits per heavy atom. The van der Waals surface area contributed by atoms with Gasteiger partial charge in [-0.05, 0) is 24.4 Å². The summed E-state index contributed by atoms with van der Waals surface area (Å²) < 4.78 is 5.09. The van der Waals surface area contributed by atoms with Crippen LogP contribution >= 0.6 is 12.2 Å². The quantitative estimate of drug-likeness (QED) is 0.482. The van der Waals surface area contributed by atoms with Gasteiger partial charge in [-0.2, -0.15) is 0 Å². The van der Waals surface area contributed by atoms with Gasteiger partial charge in [-0.25, -0.2) is 5.10 Å². The van der Waals surface area contributed by atoms with E-state index >= 15 is 0 Å². The molecule has 0 aromatic carbocycles. The van der Waals surface area contributed by atoms with E-state index in [-0.39, 0.29) is 56.2 Å². The first-order chi connectivity index (χ1) is 5.86. The summed E-state index contributed by atoms with van der Waals surface area (Å²) >= 11 is 4.73. The van der Waals surface area contributed by atoms with E-state index in [0.717, 1.165) is 5.56 Å². The van der Waals surface area contributed by atoms with Crippen molar-refractivity contribution in [3.05, 3.63) is 29.4 Å². The third-order valence-electron chi connectivity index (χ3n) is 1.37. The number of H-pyrrole nitrogens is 1. The normalized spacial score (nSPS) is 9.23. The van der Waals surface area contributed by atoms with Crippen LogP contribution in [-0.2, 0) is 0 Å². The van der Waals surface area contributed by atoms with E-state index in [2.05, 4.69) is 15.2 Å². The molecular formula is C7H5KN3OS+. The molecule has 4 nitrogen and oxygen atoms in total. The smallest absolute Gasteiger partial charge is 0.409 e. The molecule has 13 heavy (non-hydrogen) atoms. The minimum Gasteiger partial charge on any atom is -0.409 e. The Labute approximate surface area is 122 Å². The Balaban J connectivity index is 0.000000845. The zero-order valence-electron chi connectivity index (χ0n) is 7.02. The van der Waals surface area contributed by atoms with E-state index in [0.29, 0.717) is 5.89 Å². The molecule has 0 saturated carbocycles. The number of aromatic nitrogens is 3. The van der Waals surface area contributed by atoms with Crippen LogP contribution in [0, 0.1) is 4.84 Å². The Morgan fingerprint density at radius 1 is 1.31 bits per heavy atom. The molecule has 0 aliphatic rings. The van der Waals surface area contributed by atoms with Crippen LogP contribution in [-0.4, -0.2) is 15.2 Å². The van der Waals surface area contributed by atoms with Crippen LogP contribution in [0.2, 0.25) is 0 Å². The maximum absolute atomic E-state index is 5.09. The van der Waals surface area contributed by atoms with Crippen LogP contribution in [0.1, 0.15) is 0 Å². The number of hydrogen-bond donors (Lipinski definition) is 1. The molecule has 0 spiro atoms. The molecule has 0 aliphatic carbocycles. The van der Waals surface area contributed by atoms with Crippen LogP contribution in [0.5, 0.6) is 0 Å². The summed E-state index contributed by atoms with van der Waals surface area (Å²) in [6.45, 7) is 0. The van der Waals surface area contributed by atoms with Gasteiger partial charge >= 0.3 is 51.4 Å². The average molecular weight is 218 g/mol. The molecular weight excluding hydrogens is 213 g/mol.